The molecule has 0 radical (unpaired) electrons. The van der Waals surface area contributed by atoms with Gasteiger partial charge in [0.25, 0.3) is 0 Å². The lowest BCUT2D eigenvalue weighted by molar-refractivity contribution is -0.122. The molecule has 0 aromatic carbocycles. The lowest BCUT2D eigenvalue weighted by atomic mass is 9.52. The zero-order valence-corrected chi connectivity index (χ0v) is 12.7. The molecule has 2 aliphatic heterocycles. The van der Waals surface area contributed by atoms with E-state index in [4.69, 9.17) is 0 Å². The summed E-state index contributed by atoms with van der Waals surface area (Å²) in [5.74, 6) is 2.69. The summed E-state index contributed by atoms with van der Waals surface area (Å²) in [5, 5.41) is 3.22. The van der Waals surface area contributed by atoms with Crippen molar-refractivity contribution in [3.63, 3.8) is 0 Å². The second-order valence-corrected chi connectivity index (χ2v) is 7.61. The third-order valence-electron chi connectivity index (χ3n) is 6.48. The molecule has 0 aromatic heterocycles. The van der Waals surface area contributed by atoms with E-state index in [0.717, 1.165) is 30.6 Å². The predicted molar refractivity (Wildman–Crippen MR) is 79.0 cm³/mol. The molecule has 1 N–H and O–H groups in total. The maximum atomic E-state index is 11.8. The fourth-order valence-corrected chi connectivity index (χ4v) is 5.91. The van der Waals surface area contributed by atoms with Crippen LogP contribution in [0.4, 0.5) is 0 Å². The monoisotopic (exact) mass is 274 g/mol. The van der Waals surface area contributed by atoms with Crippen molar-refractivity contribution in [2.24, 2.45) is 17.8 Å². The van der Waals surface area contributed by atoms with E-state index in [1.165, 1.54) is 37.9 Å². The number of likely N-dealkylation sites (tertiary alicyclic amines) is 1. The third-order valence-corrected chi connectivity index (χ3v) is 6.48. The van der Waals surface area contributed by atoms with Gasteiger partial charge in [0, 0.05) is 17.7 Å². The van der Waals surface area contributed by atoms with Crippen LogP contribution in [0.3, 0.4) is 0 Å². The van der Waals surface area contributed by atoms with Crippen molar-refractivity contribution in [3.8, 4) is 0 Å². The highest BCUT2D eigenvalue weighted by atomic mass is 16.1. The predicted octanol–water partition coefficient (Wildman–Crippen LogP) is 2.68. The van der Waals surface area contributed by atoms with Gasteiger partial charge in [-0.15, -0.1) is 0 Å². The van der Waals surface area contributed by atoms with Crippen LogP contribution in [0.5, 0.6) is 0 Å². The number of carbonyl (C=O) groups excluding carboxylic acids is 1. The summed E-state index contributed by atoms with van der Waals surface area (Å²) < 4.78 is 0. The molecule has 3 nitrogen and oxygen atoms in total. The molecule has 2 fully saturated rings. The van der Waals surface area contributed by atoms with Crippen LogP contribution >= 0.6 is 0 Å². The Labute approximate surface area is 121 Å². The van der Waals surface area contributed by atoms with Gasteiger partial charge in [-0.1, -0.05) is 6.92 Å². The van der Waals surface area contributed by atoms with E-state index in [0.29, 0.717) is 6.42 Å². The molecule has 1 saturated heterocycles. The summed E-state index contributed by atoms with van der Waals surface area (Å²) in [5.41, 5.74) is 3.19. The summed E-state index contributed by atoms with van der Waals surface area (Å²) in [6.07, 6.45) is 8.23. The second kappa shape index (κ2) is 4.33. The summed E-state index contributed by atoms with van der Waals surface area (Å²) in [7, 11) is 2.33. The molecular weight excluding hydrogens is 248 g/mol. The Bertz CT molecular complexity index is 483. The number of piperidine rings is 1. The van der Waals surface area contributed by atoms with E-state index in [1.807, 2.05) is 0 Å². The first-order valence-corrected chi connectivity index (χ1v) is 8.35. The first-order valence-electron chi connectivity index (χ1n) is 8.35. The number of rotatable bonds is 0. The average molecular weight is 274 g/mol. The molecule has 0 spiro atoms. The number of likely N-dealkylation sites (N-methyl/N-ethyl adjacent to an activating group) is 1. The van der Waals surface area contributed by atoms with Crippen LogP contribution in [0, 0.1) is 17.8 Å². The van der Waals surface area contributed by atoms with E-state index >= 15 is 0 Å². The number of allylic oxidation sites excluding steroid dienone is 1. The minimum absolute atomic E-state index is 0.239. The van der Waals surface area contributed by atoms with E-state index < -0.39 is 0 Å². The molecule has 4 rings (SSSR count). The smallest absolute Gasteiger partial charge is 0.224 e. The van der Waals surface area contributed by atoms with Crippen molar-refractivity contribution >= 4 is 5.91 Å². The highest BCUT2D eigenvalue weighted by molar-refractivity contribution is 5.80. The lowest BCUT2D eigenvalue weighted by Gasteiger charge is -2.62. The van der Waals surface area contributed by atoms with Crippen molar-refractivity contribution in [2.75, 3.05) is 13.6 Å². The normalized spacial score (nSPS) is 44.7. The summed E-state index contributed by atoms with van der Waals surface area (Å²) in [6, 6.07) is 0. The van der Waals surface area contributed by atoms with Crippen LogP contribution in [0.15, 0.2) is 11.3 Å². The van der Waals surface area contributed by atoms with Crippen molar-refractivity contribution in [3.05, 3.63) is 11.3 Å². The number of amides is 1. The molecule has 1 amide bonds. The quantitative estimate of drug-likeness (QED) is 0.736. The van der Waals surface area contributed by atoms with Gasteiger partial charge < -0.3 is 5.32 Å². The van der Waals surface area contributed by atoms with Gasteiger partial charge in [-0.3, -0.25) is 9.69 Å². The summed E-state index contributed by atoms with van der Waals surface area (Å²) >= 11 is 0. The van der Waals surface area contributed by atoms with Gasteiger partial charge in [0.2, 0.25) is 5.91 Å². The van der Waals surface area contributed by atoms with Crippen LogP contribution in [-0.2, 0) is 4.79 Å². The van der Waals surface area contributed by atoms with Crippen LogP contribution in [0.25, 0.3) is 0 Å². The average Bonchev–Trinajstić information content (AvgIpc) is 2.39. The van der Waals surface area contributed by atoms with Crippen LogP contribution < -0.4 is 5.32 Å². The van der Waals surface area contributed by atoms with Gasteiger partial charge in [-0.05, 0) is 75.4 Å². The Hall–Kier alpha value is -0.830. The topological polar surface area (TPSA) is 32.3 Å². The zero-order chi connectivity index (χ0) is 13.9. The van der Waals surface area contributed by atoms with Gasteiger partial charge in [0.05, 0.1) is 0 Å². The molecule has 110 valence electrons. The molecule has 1 saturated carbocycles. The molecular formula is C17H26N2O. The molecule has 3 heteroatoms. The number of nitrogens with one attached hydrogen (secondary N) is 1. The second-order valence-electron chi connectivity index (χ2n) is 7.61. The lowest BCUT2D eigenvalue weighted by Crippen LogP contribution is -2.64. The fraction of sp³-hybridized carbons (Fsp3) is 0.824. The van der Waals surface area contributed by atoms with E-state index in [1.54, 1.807) is 5.57 Å². The Kier molecular flexibility index (Phi) is 2.79. The molecule has 0 aromatic rings. The molecule has 0 unspecified atom stereocenters. The van der Waals surface area contributed by atoms with Gasteiger partial charge >= 0.3 is 0 Å². The standard InChI is InChI=1S/C17H26N2O/c1-11-8-12-9-15-14(5-6-16(20)18-15)17(10-11)13(12)4-3-7-19(17)2/h11-13H,3-10H2,1-2H3,(H,18,20)/t11-,12-,13-,17-/m1/s1. The maximum Gasteiger partial charge on any atom is 0.224 e. The van der Waals surface area contributed by atoms with Crippen molar-refractivity contribution in [2.45, 2.75) is 57.4 Å². The van der Waals surface area contributed by atoms with E-state index in [9.17, 15) is 4.79 Å². The minimum atomic E-state index is 0.239. The molecule has 2 heterocycles. The van der Waals surface area contributed by atoms with Crippen molar-refractivity contribution in [1.29, 1.82) is 0 Å². The Morgan fingerprint density at radius 2 is 2.20 bits per heavy atom. The Balaban J connectivity index is 1.85. The highest BCUT2D eigenvalue weighted by Gasteiger charge is 2.57. The van der Waals surface area contributed by atoms with Crippen LogP contribution in [-0.4, -0.2) is 29.9 Å². The van der Waals surface area contributed by atoms with Crippen LogP contribution in [0.2, 0.25) is 0 Å². The summed E-state index contributed by atoms with van der Waals surface area (Å²) in [4.78, 5) is 14.4. The van der Waals surface area contributed by atoms with Gasteiger partial charge in [0.1, 0.15) is 0 Å². The molecule has 2 aliphatic carbocycles. The Morgan fingerprint density at radius 1 is 1.35 bits per heavy atom. The van der Waals surface area contributed by atoms with E-state index in [-0.39, 0.29) is 11.4 Å². The highest BCUT2D eigenvalue weighted by Crippen LogP contribution is 2.58. The number of carbonyl (C=O) groups is 1. The van der Waals surface area contributed by atoms with Gasteiger partial charge in [-0.2, -0.15) is 0 Å². The zero-order valence-electron chi connectivity index (χ0n) is 12.7. The first-order chi connectivity index (χ1) is 9.61. The molecule has 20 heavy (non-hydrogen) atoms. The van der Waals surface area contributed by atoms with Crippen LogP contribution in [0.1, 0.15) is 51.9 Å². The largest absolute Gasteiger partial charge is 0.330 e. The molecule has 4 atom stereocenters. The van der Waals surface area contributed by atoms with Crippen molar-refractivity contribution < 1.29 is 4.79 Å². The third kappa shape index (κ3) is 1.59. The fourth-order valence-electron chi connectivity index (χ4n) is 5.91. The minimum Gasteiger partial charge on any atom is -0.330 e. The number of hydrogen-bond donors (Lipinski definition) is 1. The Morgan fingerprint density at radius 3 is 3.05 bits per heavy atom. The molecule has 4 aliphatic rings. The first kappa shape index (κ1) is 12.9. The van der Waals surface area contributed by atoms with Gasteiger partial charge in [0.15, 0.2) is 0 Å². The number of nitrogens with zero attached hydrogens (tertiary/aromatic N) is 1. The van der Waals surface area contributed by atoms with Gasteiger partial charge in [-0.25, -0.2) is 0 Å². The summed E-state index contributed by atoms with van der Waals surface area (Å²) in [6.45, 7) is 3.65. The molecule has 2 bridgehead atoms. The van der Waals surface area contributed by atoms with E-state index in [2.05, 4.69) is 24.2 Å². The number of hydrogen-bond acceptors (Lipinski definition) is 2. The maximum absolute atomic E-state index is 11.8. The van der Waals surface area contributed by atoms with Crippen molar-refractivity contribution in [1.82, 2.24) is 10.2 Å². The SMILES string of the molecule is C[C@@H]1C[C@@H]2CC3=C(CCC(=O)N3)[C@@]3(C1)[C@@H]2CCCN3C.